The molecule has 3 rings (SSSR count). The molecule has 0 aliphatic carbocycles. The molecule has 8 nitrogen and oxygen atoms in total. The van der Waals surface area contributed by atoms with Crippen LogP contribution in [-0.2, 0) is 11.3 Å². The van der Waals surface area contributed by atoms with Gasteiger partial charge in [-0.25, -0.2) is 0 Å². The summed E-state index contributed by atoms with van der Waals surface area (Å²) in [5.74, 6) is -1.41. The van der Waals surface area contributed by atoms with Gasteiger partial charge in [-0.15, -0.1) is 0 Å². The van der Waals surface area contributed by atoms with Gasteiger partial charge < -0.3 is 25.6 Å². The molecule has 0 saturated heterocycles. The van der Waals surface area contributed by atoms with Crippen molar-refractivity contribution in [3.05, 3.63) is 83.4 Å². The summed E-state index contributed by atoms with van der Waals surface area (Å²) in [6.45, 7) is 1.54. The maximum atomic E-state index is 12.3. The molecule has 0 aromatic heterocycles. The van der Waals surface area contributed by atoms with Crippen LogP contribution in [0, 0.1) is 0 Å². The van der Waals surface area contributed by atoms with Crippen molar-refractivity contribution in [2.75, 3.05) is 5.32 Å². The van der Waals surface area contributed by atoms with Crippen LogP contribution in [0.4, 0.5) is 5.69 Å². The van der Waals surface area contributed by atoms with Crippen LogP contribution in [0.25, 0.3) is 0 Å². The third-order valence-electron chi connectivity index (χ3n) is 4.19. The van der Waals surface area contributed by atoms with Crippen LogP contribution in [0.1, 0.15) is 33.2 Å². The maximum absolute atomic E-state index is 12.3. The van der Waals surface area contributed by atoms with Crippen molar-refractivity contribution in [2.45, 2.75) is 13.5 Å². The largest absolute Gasteiger partial charge is 0.508 e. The van der Waals surface area contributed by atoms with Gasteiger partial charge in [0.05, 0.1) is 0 Å². The van der Waals surface area contributed by atoms with Crippen molar-refractivity contribution in [1.82, 2.24) is 5.32 Å². The number of phenols is 2. The highest BCUT2D eigenvalue weighted by Gasteiger charge is 2.10. The minimum Gasteiger partial charge on any atom is -0.508 e. The topological polar surface area (TPSA) is 125 Å². The zero-order chi connectivity index (χ0) is 22.4. The van der Waals surface area contributed by atoms with E-state index in [1.165, 1.54) is 25.1 Å². The second kappa shape index (κ2) is 9.45. The number of hydrogen-bond acceptors (Lipinski definition) is 6. The molecular weight excluding hydrogens is 400 g/mol. The van der Waals surface area contributed by atoms with Crippen molar-refractivity contribution in [2.24, 2.45) is 0 Å². The van der Waals surface area contributed by atoms with E-state index in [1.807, 2.05) is 0 Å². The van der Waals surface area contributed by atoms with E-state index in [-0.39, 0.29) is 29.5 Å². The summed E-state index contributed by atoms with van der Waals surface area (Å²) in [5, 5.41) is 24.4. The van der Waals surface area contributed by atoms with Gasteiger partial charge in [-0.2, -0.15) is 0 Å². The second-order valence-electron chi connectivity index (χ2n) is 6.69. The maximum Gasteiger partial charge on any atom is 0.308 e. The Labute approximate surface area is 178 Å². The average Bonchev–Trinajstić information content (AvgIpc) is 2.72. The SMILES string of the molecule is CC(=O)Oc1cccc(C(=O)NCc2ccc(NC(=O)c3cc(O)cc(O)c3)cc2)c1. The van der Waals surface area contributed by atoms with E-state index in [2.05, 4.69) is 10.6 Å². The van der Waals surface area contributed by atoms with E-state index < -0.39 is 11.9 Å². The van der Waals surface area contributed by atoms with Crippen LogP contribution in [0.5, 0.6) is 17.2 Å². The van der Waals surface area contributed by atoms with Crippen LogP contribution >= 0.6 is 0 Å². The van der Waals surface area contributed by atoms with Crippen LogP contribution in [0.15, 0.2) is 66.7 Å². The molecule has 0 radical (unpaired) electrons. The quantitative estimate of drug-likeness (QED) is 0.359. The lowest BCUT2D eigenvalue weighted by Gasteiger charge is -2.09. The molecule has 31 heavy (non-hydrogen) atoms. The molecule has 4 N–H and O–H groups in total. The summed E-state index contributed by atoms with van der Waals surface area (Å²) in [7, 11) is 0. The Hall–Kier alpha value is -4.33. The minimum atomic E-state index is -0.486. The van der Waals surface area contributed by atoms with E-state index in [9.17, 15) is 24.6 Å². The Balaban J connectivity index is 1.57. The molecule has 0 heterocycles. The monoisotopic (exact) mass is 420 g/mol. The highest BCUT2D eigenvalue weighted by molar-refractivity contribution is 6.04. The number of benzene rings is 3. The number of carbonyl (C=O) groups excluding carboxylic acids is 3. The van der Waals surface area contributed by atoms with Gasteiger partial charge >= 0.3 is 5.97 Å². The van der Waals surface area contributed by atoms with Gasteiger partial charge in [0.15, 0.2) is 0 Å². The fraction of sp³-hybridized carbons (Fsp3) is 0.0870. The van der Waals surface area contributed by atoms with Crippen molar-refractivity contribution in [3.8, 4) is 17.2 Å². The lowest BCUT2D eigenvalue weighted by molar-refractivity contribution is -0.131. The summed E-state index contributed by atoms with van der Waals surface area (Å²) in [5.41, 5.74) is 1.79. The smallest absolute Gasteiger partial charge is 0.308 e. The molecule has 0 atom stereocenters. The Bertz CT molecular complexity index is 1100. The fourth-order valence-corrected chi connectivity index (χ4v) is 2.79. The van der Waals surface area contributed by atoms with Gasteiger partial charge in [-0.05, 0) is 48.0 Å². The number of esters is 1. The number of carbonyl (C=O) groups is 3. The van der Waals surface area contributed by atoms with Gasteiger partial charge in [0.25, 0.3) is 11.8 Å². The van der Waals surface area contributed by atoms with Gasteiger partial charge in [0, 0.05) is 36.3 Å². The first kappa shape index (κ1) is 21.4. The van der Waals surface area contributed by atoms with Gasteiger partial charge in [-0.1, -0.05) is 18.2 Å². The molecule has 3 aromatic rings. The number of ether oxygens (including phenoxy) is 1. The third-order valence-corrected chi connectivity index (χ3v) is 4.19. The van der Waals surface area contributed by atoms with Gasteiger partial charge in [-0.3, -0.25) is 14.4 Å². The summed E-state index contributed by atoms with van der Waals surface area (Å²) in [6, 6.07) is 16.7. The molecule has 158 valence electrons. The molecule has 0 spiro atoms. The summed E-state index contributed by atoms with van der Waals surface area (Å²) in [6.07, 6.45) is 0. The predicted molar refractivity (Wildman–Crippen MR) is 113 cm³/mol. The number of amides is 2. The summed E-state index contributed by atoms with van der Waals surface area (Å²) >= 11 is 0. The van der Waals surface area contributed by atoms with E-state index in [4.69, 9.17) is 4.74 Å². The highest BCUT2D eigenvalue weighted by Crippen LogP contribution is 2.21. The summed E-state index contributed by atoms with van der Waals surface area (Å²) < 4.78 is 4.98. The molecule has 0 bridgehead atoms. The average molecular weight is 420 g/mol. The Morgan fingerprint density at radius 2 is 1.52 bits per heavy atom. The van der Waals surface area contributed by atoms with Gasteiger partial charge in [0.1, 0.15) is 17.2 Å². The third kappa shape index (κ3) is 6.07. The molecule has 0 aliphatic rings. The molecule has 0 aliphatic heterocycles. The van der Waals surface area contributed by atoms with E-state index in [0.29, 0.717) is 17.0 Å². The fourth-order valence-electron chi connectivity index (χ4n) is 2.79. The first-order valence-corrected chi connectivity index (χ1v) is 9.30. The zero-order valence-electron chi connectivity index (χ0n) is 16.6. The van der Waals surface area contributed by atoms with Crippen LogP contribution in [0.2, 0.25) is 0 Å². The lowest BCUT2D eigenvalue weighted by Crippen LogP contribution is -2.22. The predicted octanol–water partition coefficient (Wildman–Crippen LogP) is 3.21. The highest BCUT2D eigenvalue weighted by atomic mass is 16.5. The molecule has 0 fully saturated rings. The summed E-state index contributed by atoms with van der Waals surface area (Å²) in [4.78, 5) is 35.6. The Morgan fingerprint density at radius 1 is 0.839 bits per heavy atom. The number of nitrogens with one attached hydrogen (secondary N) is 2. The van der Waals surface area contributed by atoms with Crippen LogP contribution in [0.3, 0.4) is 0 Å². The van der Waals surface area contributed by atoms with E-state index in [0.717, 1.165) is 11.6 Å². The second-order valence-corrected chi connectivity index (χ2v) is 6.69. The molecule has 3 aromatic carbocycles. The van der Waals surface area contributed by atoms with Crippen molar-refractivity contribution >= 4 is 23.5 Å². The molecule has 0 unspecified atom stereocenters. The normalized spacial score (nSPS) is 10.2. The molecule has 0 saturated carbocycles. The number of phenolic OH excluding ortho intramolecular Hbond substituents is 2. The molecular formula is C23H20N2O6. The standard InChI is InChI=1S/C23H20N2O6/c1-14(26)31-21-4-2-3-16(11-21)22(29)24-13-15-5-7-18(8-6-15)25-23(30)17-9-19(27)12-20(28)10-17/h2-12,27-28H,13H2,1H3,(H,24,29)(H,25,30). The minimum absolute atomic E-state index is 0.116. The Kier molecular flexibility index (Phi) is 6.51. The van der Waals surface area contributed by atoms with E-state index in [1.54, 1.807) is 42.5 Å². The molecule has 2 amide bonds. The van der Waals surface area contributed by atoms with Crippen molar-refractivity contribution in [3.63, 3.8) is 0 Å². The van der Waals surface area contributed by atoms with Crippen LogP contribution in [-0.4, -0.2) is 28.0 Å². The first-order valence-electron chi connectivity index (χ1n) is 9.30. The first-order chi connectivity index (χ1) is 14.8. The number of hydrogen-bond donors (Lipinski definition) is 4. The lowest BCUT2D eigenvalue weighted by atomic mass is 10.1. The van der Waals surface area contributed by atoms with E-state index >= 15 is 0 Å². The van der Waals surface area contributed by atoms with Crippen molar-refractivity contribution < 1.29 is 29.3 Å². The van der Waals surface area contributed by atoms with Gasteiger partial charge in [0.2, 0.25) is 0 Å². The van der Waals surface area contributed by atoms with Crippen molar-refractivity contribution in [1.29, 1.82) is 0 Å². The zero-order valence-corrected chi connectivity index (χ0v) is 16.6. The van der Waals surface area contributed by atoms with Crippen LogP contribution < -0.4 is 15.4 Å². The Morgan fingerprint density at radius 3 is 2.16 bits per heavy atom. The molecule has 8 heteroatoms. The number of rotatable bonds is 6. The number of anilines is 1. The number of aromatic hydroxyl groups is 2.